The van der Waals surface area contributed by atoms with E-state index in [2.05, 4.69) is 20.0 Å². The van der Waals surface area contributed by atoms with Gasteiger partial charge >= 0.3 is 6.36 Å². The van der Waals surface area contributed by atoms with Gasteiger partial charge in [-0.15, -0.1) is 13.2 Å². The first-order valence-corrected chi connectivity index (χ1v) is 7.52. The van der Waals surface area contributed by atoms with Gasteiger partial charge in [0.1, 0.15) is 11.5 Å². The Labute approximate surface area is 150 Å². The standard InChI is InChI=1S/C17H12F3N3O4/c18-17(19,20)26-13-6-4-12(5-7-13)16-22-15(23-27-16)10-25-14-3-1-2-11(8-14)9-21-24/h1-9,24H,10H2. The molecule has 1 N–H and O–H groups in total. The normalized spacial score (nSPS) is 11.7. The van der Waals surface area contributed by atoms with Crippen LogP contribution in [0.1, 0.15) is 11.4 Å². The zero-order valence-corrected chi connectivity index (χ0v) is 13.6. The number of ether oxygens (including phenoxy) is 2. The van der Waals surface area contributed by atoms with Gasteiger partial charge in [-0.3, -0.25) is 0 Å². The number of benzene rings is 2. The molecule has 0 aliphatic carbocycles. The Bertz CT molecular complexity index is 924. The van der Waals surface area contributed by atoms with Gasteiger partial charge in [-0.1, -0.05) is 22.4 Å². The van der Waals surface area contributed by atoms with Gasteiger partial charge < -0.3 is 19.2 Å². The van der Waals surface area contributed by atoms with Crippen molar-refractivity contribution in [3.8, 4) is 23.0 Å². The van der Waals surface area contributed by atoms with E-state index in [-0.39, 0.29) is 24.1 Å². The summed E-state index contributed by atoms with van der Waals surface area (Å²) in [5.41, 5.74) is 1.08. The maximum Gasteiger partial charge on any atom is 0.573 e. The molecule has 10 heteroatoms. The Morgan fingerprint density at radius 2 is 1.89 bits per heavy atom. The van der Waals surface area contributed by atoms with Crippen molar-refractivity contribution >= 4 is 6.21 Å². The van der Waals surface area contributed by atoms with Gasteiger partial charge in [0.15, 0.2) is 6.61 Å². The topological polar surface area (TPSA) is 90.0 Å². The quantitative estimate of drug-likeness (QED) is 0.395. The van der Waals surface area contributed by atoms with E-state index < -0.39 is 6.36 Å². The molecule has 0 spiro atoms. The Morgan fingerprint density at radius 3 is 2.59 bits per heavy atom. The number of rotatable bonds is 6. The molecule has 3 rings (SSSR count). The Balaban J connectivity index is 1.64. The first kappa shape index (κ1) is 18.2. The monoisotopic (exact) mass is 379 g/mol. The Kier molecular flexibility index (Phi) is 5.25. The predicted molar refractivity (Wildman–Crippen MR) is 86.6 cm³/mol. The van der Waals surface area contributed by atoms with Crippen molar-refractivity contribution in [1.82, 2.24) is 10.1 Å². The first-order chi connectivity index (χ1) is 12.9. The summed E-state index contributed by atoms with van der Waals surface area (Å²) in [5.74, 6) is 0.545. The van der Waals surface area contributed by atoms with Crippen molar-refractivity contribution in [3.05, 3.63) is 59.9 Å². The number of aromatic nitrogens is 2. The molecule has 0 saturated carbocycles. The van der Waals surface area contributed by atoms with E-state index in [0.29, 0.717) is 16.9 Å². The van der Waals surface area contributed by atoms with Crippen LogP contribution in [0, 0.1) is 0 Å². The zero-order valence-electron chi connectivity index (χ0n) is 13.6. The average Bonchev–Trinajstić information content (AvgIpc) is 3.09. The molecule has 0 aliphatic rings. The second-order valence-electron chi connectivity index (χ2n) is 5.19. The molecule has 2 aromatic carbocycles. The second kappa shape index (κ2) is 7.77. The summed E-state index contributed by atoms with van der Waals surface area (Å²) in [4.78, 5) is 4.13. The fourth-order valence-corrected chi connectivity index (χ4v) is 2.13. The minimum Gasteiger partial charge on any atom is -0.485 e. The van der Waals surface area contributed by atoms with Crippen LogP contribution < -0.4 is 9.47 Å². The predicted octanol–water partition coefficient (Wildman–Crippen LogP) is 4.02. The van der Waals surface area contributed by atoms with Crippen LogP contribution >= 0.6 is 0 Å². The molecule has 0 amide bonds. The van der Waals surface area contributed by atoms with Crippen molar-refractivity contribution in [2.24, 2.45) is 5.16 Å². The van der Waals surface area contributed by atoms with E-state index in [4.69, 9.17) is 14.5 Å². The summed E-state index contributed by atoms with van der Waals surface area (Å²) >= 11 is 0. The number of hydrogen-bond donors (Lipinski definition) is 1. The second-order valence-corrected chi connectivity index (χ2v) is 5.19. The molecule has 1 aromatic heterocycles. The highest BCUT2D eigenvalue weighted by Gasteiger charge is 2.31. The van der Waals surface area contributed by atoms with Crippen molar-refractivity contribution in [3.63, 3.8) is 0 Å². The van der Waals surface area contributed by atoms with Crippen LogP contribution in [0.5, 0.6) is 11.5 Å². The maximum absolute atomic E-state index is 12.2. The van der Waals surface area contributed by atoms with Crippen LogP contribution in [-0.2, 0) is 6.61 Å². The SMILES string of the molecule is ON=Cc1cccc(OCc2noc(-c3ccc(OC(F)(F)F)cc3)n2)c1. The van der Waals surface area contributed by atoms with E-state index in [1.807, 2.05) is 0 Å². The number of halogens is 3. The minimum absolute atomic E-state index is 0.0124. The van der Waals surface area contributed by atoms with Crippen molar-refractivity contribution in [1.29, 1.82) is 0 Å². The zero-order chi connectivity index (χ0) is 19.3. The van der Waals surface area contributed by atoms with Crippen LogP contribution in [0.3, 0.4) is 0 Å². The largest absolute Gasteiger partial charge is 0.573 e. The number of oxime groups is 1. The molecule has 0 bridgehead atoms. The van der Waals surface area contributed by atoms with Crippen LogP contribution in [0.4, 0.5) is 13.2 Å². The van der Waals surface area contributed by atoms with Gasteiger partial charge in [-0.2, -0.15) is 4.98 Å². The molecule has 27 heavy (non-hydrogen) atoms. The lowest BCUT2D eigenvalue weighted by molar-refractivity contribution is -0.274. The summed E-state index contributed by atoms with van der Waals surface area (Å²) in [6, 6.07) is 11.8. The van der Waals surface area contributed by atoms with E-state index >= 15 is 0 Å². The number of alkyl halides is 3. The molecule has 0 radical (unpaired) electrons. The molecule has 0 saturated heterocycles. The van der Waals surface area contributed by atoms with Gasteiger partial charge in [-0.25, -0.2) is 0 Å². The van der Waals surface area contributed by atoms with Crippen molar-refractivity contribution < 1.29 is 32.4 Å². The van der Waals surface area contributed by atoms with Gasteiger partial charge in [-0.05, 0) is 42.0 Å². The summed E-state index contributed by atoms with van der Waals surface area (Å²) in [7, 11) is 0. The summed E-state index contributed by atoms with van der Waals surface area (Å²) in [5, 5.41) is 15.2. The molecule has 0 aliphatic heterocycles. The molecule has 1 heterocycles. The molecule has 140 valence electrons. The molecule has 3 aromatic rings. The minimum atomic E-state index is -4.75. The molecule has 7 nitrogen and oxygen atoms in total. The van der Waals surface area contributed by atoms with Gasteiger partial charge in [0, 0.05) is 5.56 Å². The van der Waals surface area contributed by atoms with Crippen LogP contribution in [0.15, 0.2) is 58.2 Å². The summed E-state index contributed by atoms with van der Waals surface area (Å²) < 4.78 is 50.9. The van der Waals surface area contributed by atoms with Gasteiger partial charge in [0.25, 0.3) is 5.89 Å². The van der Waals surface area contributed by atoms with Crippen LogP contribution in [0.2, 0.25) is 0 Å². The highest BCUT2D eigenvalue weighted by Crippen LogP contribution is 2.26. The number of nitrogens with zero attached hydrogens (tertiary/aromatic N) is 3. The summed E-state index contributed by atoms with van der Waals surface area (Å²) in [6.45, 7) is 0.0124. The number of hydrogen-bond acceptors (Lipinski definition) is 7. The lowest BCUT2D eigenvalue weighted by atomic mass is 10.2. The van der Waals surface area contributed by atoms with E-state index in [0.717, 1.165) is 12.1 Å². The average molecular weight is 379 g/mol. The first-order valence-electron chi connectivity index (χ1n) is 7.52. The fraction of sp³-hybridized carbons (Fsp3) is 0.118. The fourth-order valence-electron chi connectivity index (χ4n) is 2.13. The van der Waals surface area contributed by atoms with E-state index in [9.17, 15) is 13.2 Å². The molecular weight excluding hydrogens is 367 g/mol. The van der Waals surface area contributed by atoms with Crippen LogP contribution in [-0.4, -0.2) is 27.9 Å². The maximum atomic E-state index is 12.2. The lowest BCUT2D eigenvalue weighted by Gasteiger charge is -2.08. The third-order valence-electron chi connectivity index (χ3n) is 3.24. The summed E-state index contributed by atoms with van der Waals surface area (Å²) in [6.07, 6.45) is -3.50. The smallest absolute Gasteiger partial charge is 0.485 e. The Hall–Kier alpha value is -3.56. The Morgan fingerprint density at radius 1 is 1.11 bits per heavy atom. The van der Waals surface area contributed by atoms with Crippen molar-refractivity contribution in [2.75, 3.05) is 0 Å². The molecule has 0 atom stereocenters. The van der Waals surface area contributed by atoms with Crippen LogP contribution in [0.25, 0.3) is 11.5 Å². The third-order valence-corrected chi connectivity index (χ3v) is 3.24. The van der Waals surface area contributed by atoms with Gasteiger partial charge in [0.05, 0.1) is 6.21 Å². The molecule has 0 unspecified atom stereocenters. The molecule has 0 fully saturated rings. The lowest BCUT2D eigenvalue weighted by Crippen LogP contribution is -2.16. The molecular formula is C17H12F3N3O4. The highest BCUT2D eigenvalue weighted by molar-refractivity contribution is 5.79. The van der Waals surface area contributed by atoms with Crippen molar-refractivity contribution in [2.45, 2.75) is 13.0 Å². The van der Waals surface area contributed by atoms with E-state index in [1.165, 1.54) is 18.3 Å². The highest BCUT2D eigenvalue weighted by atomic mass is 19.4. The third kappa shape index (κ3) is 5.21. The van der Waals surface area contributed by atoms with Gasteiger partial charge in [0.2, 0.25) is 5.82 Å². The van der Waals surface area contributed by atoms with E-state index in [1.54, 1.807) is 24.3 Å².